The van der Waals surface area contributed by atoms with Gasteiger partial charge in [0.2, 0.25) is 0 Å². The van der Waals surface area contributed by atoms with E-state index in [1.165, 1.54) is 0 Å². The summed E-state index contributed by atoms with van der Waals surface area (Å²) in [5, 5.41) is 7.62. The lowest BCUT2D eigenvalue weighted by molar-refractivity contribution is 0.0731. The summed E-state index contributed by atoms with van der Waals surface area (Å²) in [4.78, 5) is 15.7. The summed E-state index contributed by atoms with van der Waals surface area (Å²) >= 11 is 7.73. The number of nitrogens with one attached hydrogen (secondary N) is 1. The molecule has 0 bridgehead atoms. The second kappa shape index (κ2) is 6.12. The second-order valence-electron chi connectivity index (χ2n) is 4.92. The van der Waals surface area contributed by atoms with Gasteiger partial charge >= 0.3 is 0 Å². The van der Waals surface area contributed by atoms with Crippen LogP contribution in [-0.4, -0.2) is 33.3 Å². The standard InChI is InChI=1S/C15H16ClN3OS/c1-2-21-14-4-3-11(16)7-12(14)15(20)19-6-5-13-10(9-19)8-17-18-13/h3-4,7-8H,2,5-6,9H2,1H3,(H,17,18). The number of aromatic amines is 1. The zero-order valence-corrected chi connectivity index (χ0v) is 13.3. The summed E-state index contributed by atoms with van der Waals surface area (Å²) in [5.41, 5.74) is 2.93. The number of thioether (sulfide) groups is 1. The van der Waals surface area contributed by atoms with Crippen molar-refractivity contribution < 1.29 is 4.79 Å². The van der Waals surface area contributed by atoms with Crippen molar-refractivity contribution in [2.45, 2.75) is 24.8 Å². The zero-order valence-electron chi connectivity index (χ0n) is 11.7. The number of fused-ring (bicyclic) bond motifs is 1. The molecule has 0 aliphatic carbocycles. The summed E-state index contributed by atoms with van der Waals surface area (Å²) in [5.74, 6) is 0.966. The Morgan fingerprint density at radius 1 is 1.52 bits per heavy atom. The zero-order chi connectivity index (χ0) is 14.8. The number of halogens is 1. The van der Waals surface area contributed by atoms with E-state index in [4.69, 9.17) is 11.6 Å². The van der Waals surface area contributed by atoms with Gasteiger partial charge in [0.25, 0.3) is 5.91 Å². The predicted molar refractivity (Wildman–Crippen MR) is 84.9 cm³/mol. The van der Waals surface area contributed by atoms with Crippen molar-refractivity contribution >= 4 is 29.3 Å². The highest BCUT2D eigenvalue weighted by Gasteiger charge is 2.24. The molecule has 2 heterocycles. The number of H-pyrrole nitrogens is 1. The first-order valence-corrected chi connectivity index (χ1v) is 8.28. The quantitative estimate of drug-likeness (QED) is 0.882. The van der Waals surface area contributed by atoms with Crippen LogP contribution in [0.5, 0.6) is 0 Å². The van der Waals surface area contributed by atoms with E-state index < -0.39 is 0 Å². The lowest BCUT2D eigenvalue weighted by Gasteiger charge is -2.27. The van der Waals surface area contributed by atoms with Crippen LogP contribution in [0.1, 0.15) is 28.5 Å². The molecule has 1 aromatic carbocycles. The maximum atomic E-state index is 12.8. The highest BCUT2D eigenvalue weighted by atomic mass is 35.5. The summed E-state index contributed by atoms with van der Waals surface area (Å²) in [6.07, 6.45) is 2.62. The van der Waals surface area contributed by atoms with Gasteiger partial charge in [0.05, 0.1) is 11.8 Å². The Morgan fingerprint density at radius 3 is 3.19 bits per heavy atom. The normalized spacial score (nSPS) is 14.1. The molecule has 0 spiro atoms. The van der Waals surface area contributed by atoms with E-state index in [0.29, 0.717) is 23.7 Å². The molecular weight excluding hydrogens is 306 g/mol. The number of aromatic nitrogens is 2. The lowest BCUT2D eigenvalue weighted by Crippen LogP contribution is -2.36. The van der Waals surface area contributed by atoms with Crippen LogP contribution < -0.4 is 0 Å². The maximum absolute atomic E-state index is 12.8. The van der Waals surface area contributed by atoms with E-state index in [0.717, 1.165) is 28.3 Å². The first-order valence-electron chi connectivity index (χ1n) is 6.91. The van der Waals surface area contributed by atoms with Gasteiger partial charge in [0.1, 0.15) is 0 Å². The largest absolute Gasteiger partial charge is 0.334 e. The van der Waals surface area contributed by atoms with Gasteiger partial charge in [-0.1, -0.05) is 18.5 Å². The highest BCUT2D eigenvalue weighted by molar-refractivity contribution is 7.99. The van der Waals surface area contributed by atoms with Crippen molar-refractivity contribution in [3.63, 3.8) is 0 Å². The fourth-order valence-corrected chi connectivity index (χ4v) is 3.47. The molecule has 0 atom stereocenters. The molecule has 1 N–H and O–H groups in total. The first kappa shape index (κ1) is 14.5. The molecule has 0 saturated heterocycles. The Balaban J connectivity index is 1.87. The van der Waals surface area contributed by atoms with Gasteiger partial charge in [-0.25, -0.2) is 0 Å². The molecule has 1 aliphatic heterocycles. The second-order valence-corrected chi connectivity index (χ2v) is 6.67. The minimum atomic E-state index is 0.0419. The van der Waals surface area contributed by atoms with Gasteiger partial charge in [0, 0.05) is 40.7 Å². The fraction of sp³-hybridized carbons (Fsp3) is 0.333. The van der Waals surface area contributed by atoms with E-state index in [2.05, 4.69) is 17.1 Å². The van der Waals surface area contributed by atoms with Crippen molar-refractivity contribution in [1.82, 2.24) is 15.1 Å². The number of carbonyl (C=O) groups excluding carboxylic acids is 1. The fourth-order valence-electron chi connectivity index (χ4n) is 2.52. The number of carbonyl (C=O) groups is 1. The molecule has 3 rings (SSSR count). The molecule has 0 saturated carbocycles. The molecule has 4 nitrogen and oxygen atoms in total. The molecular formula is C15H16ClN3OS. The average molecular weight is 322 g/mol. The van der Waals surface area contributed by atoms with Gasteiger partial charge in [-0.3, -0.25) is 9.89 Å². The maximum Gasteiger partial charge on any atom is 0.255 e. The van der Waals surface area contributed by atoms with E-state index in [1.807, 2.05) is 17.0 Å². The molecule has 0 fully saturated rings. The topological polar surface area (TPSA) is 49.0 Å². The van der Waals surface area contributed by atoms with E-state index >= 15 is 0 Å². The van der Waals surface area contributed by atoms with Gasteiger partial charge in [-0.2, -0.15) is 5.10 Å². The van der Waals surface area contributed by atoms with Gasteiger partial charge < -0.3 is 4.90 Å². The Bertz CT molecular complexity index is 671. The third kappa shape index (κ3) is 2.94. The summed E-state index contributed by atoms with van der Waals surface area (Å²) < 4.78 is 0. The smallest absolute Gasteiger partial charge is 0.255 e. The first-order chi connectivity index (χ1) is 10.2. The van der Waals surface area contributed by atoms with Crippen LogP contribution in [0, 0.1) is 0 Å². The van der Waals surface area contributed by atoms with Crippen LogP contribution in [0.15, 0.2) is 29.3 Å². The monoisotopic (exact) mass is 321 g/mol. The van der Waals surface area contributed by atoms with Crippen LogP contribution >= 0.6 is 23.4 Å². The molecule has 1 aromatic heterocycles. The minimum Gasteiger partial charge on any atom is -0.334 e. The number of amides is 1. The van der Waals surface area contributed by atoms with Crippen LogP contribution in [0.4, 0.5) is 0 Å². The van der Waals surface area contributed by atoms with Crippen molar-refractivity contribution in [1.29, 1.82) is 0 Å². The van der Waals surface area contributed by atoms with Crippen LogP contribution in [0.3, 0.4) is 0 Å². The van der Waals surface area contributed by atoms with Crippen molar-refractivity contribution in [3.8, 4) is 0 Å². The number of rotatable bonds is 3. The summed E-state index contributed by atoms with van der Waals surface area (Å²) in [7, 11) is 0. The van der Waals surface area contributed by atoms with Crippen LogP contribution in [0.25, 0.3) is 0 Å². The van der Waals surface area contributed by atoms with Gasteiger partial charge in [0.15, 0.2) is 0 Å². The molecule has 2 aromatic rings. The van der Waals surface area contributed by atoms with E-state index in [1.54, 1.807) is 24.0 Å². The summed E-state index contributed by atoms with van der Waals surface area (Å²) in [6.45, 7) is 3.39. The number of nitrogens with zero attached hydrogens (tertiary/aromatic N) is 2. The van der Waals surface area contributed by atoms with Gasteiger partial charge in [-0.05, 0) is 24.0 Å². The highest BCUT2D eigenvalue weighted by Crippen LogP contribution is 2.28. The molecule has 0 radical (unpaired) electrons. The number of hydrogen-bond donors (Lipinski definition) is 1. The molecule has 21 heavy (non-hydrogen) atoms. The number of hydrogen-bond acceptors (Lipinski definition) is 3. The van der Waals surface area contributed by atoms with E-state index in [9.17, 15) is 4.79 Å². The molecule has 1 amide bonds. The Kier molecular flexibility index (Phi) is 4.22. The van der Waals surface area contributed by atoms with Crippen molar-refractivity contribution in [2.24, 2.45) is 0 Å². The summed E-state index contributed by atoms with van der Waals surface area (Å²) in [6, 6.07) is 5.53. The molecule has 110 valence electrons. The minimum absolute atomic E-state index is 0.0419. The predicted octanol–water partition coefficient (Wildman–Crippen LogP) is 3.37. The Labute approximate surface area is 132 Å². The molecule has 0 unspecified atom stereocenters. The van der Waals surface area contributed by atoms with Crippen molar-refractivity contribution in [3.05, 3.63) is 46.2 Å². The third-order valence-corrected chi connectivity index (χ3v) is 4.75. The number of benzene rings is 1. The Morgan fingerprint density at radius 2 is 2.38 bits per heavy atom. The van der Waals surface area contributed by atoms with Crippen LogP contribution in [-0.2, 0) is 13.0 Å². The third-order valence-electron chi connectivity index (χ3n) is 3.56. The van der Waals surface area contributed by atoms with Gasteiger partial charge in [-0.15, -0.1) is 11.8 Å². The lowest BCUT2D eigenvalue weighted by atomic mass is 10.1. The molecule has 6 heteroatoms. The Hall–Kier alpha value is -1.46. The van der Waals surface area contributed by atoms with Crippen molar-refractivity contribution in [2.75, 3.05) is 12.3 Å². The van der Waals surface area contributed by atoms with E-state index in [-0.39, 0.29) is 5.91 Å². The SMILES string of the molecule is CCSc1ccc(Cl)cc1C(=O)N1CCc2[nH]ncc2C1. The van der Waals surface area contributed by atoms with Crippen LogP contribution in [0.2, 0.25) is 5.02 Å². The average Bonchev–Trinajstić information content (AvgIpc) is 2.96. The molecule has 1 aliphatic rings.